The molecule has 1 heterocycles. The highest BCUT2D eigenvalue weighted by Crippen LogP contribution is 2.19. The van der Waals surface area contributed by atoms with E-state index in [0.29, 0.717) is 5.56 Å². The summed E-state index contributed by atoms with van der Waals surface area (Å²) in [4.78, 5) is 11.9. The van der Waals surface area contributed by atoms with Gasteiger partial charge in [0.2, 0.25) is 0 Å². The Hall–Kier alpha value is -2.03. The minimum atomic E-state index is -0.236. The Bertz CT molecular complexity index is 599. The number of esters is 1. The van der Waals surface area contributed by atoms with Crippen molar-refractivity contribution in [2.24, 2.45) is 0 Å². The first-order chi connectivity index (χ1) is 10.2. The summed E-state index contributed by atoms with van der Waals surface area (Å²) in [5.74, 6) is -0.236. The molecule has 0 atom stereocenters. The Labute approximate surface area is 126 Å². The van der Waals surface area contributed by atoms with Crippen LogP contribution >= 0.6 is 0 Å². The first-order valence-electron chi connectivity index (χ1n) is 7.48. The van der Waals surface area contributed by atoms with Crippen LogP contribution in [0.25, 0.3) is 0 Å². The summed E-state index contributed by atoms with van der Waals surface area (Å²) in [6.45, 7) is 5.07. The Balaban J connectivity index is 2.25. The Morgan fingerprint density at radius 3 is 2.52 bits per heavy atom. The molecule has 0 N–H and O–H groups in total. The molecule has 0 saturated heterocycles. The molecule has 0 aliphatic rings. The SMILES string of the molecule is CCCc1c(C(=O)OC)cc(C)n1CCc1ccccc1. The lowest BCUT2D eigenvalue weighted by Gasteiger charge is -2.12. The summed E-state index contributed by atoms with van der Waals surface area (Å²) in [6, 6.07) is 12.4. The molecular formula is C18H23NO2. The van der Waals surface area contributed by atoms with E-state index in [4.69, 9.17) is 4.74 Å². The number of aryl methyl sites for hydroxylation is 2. The summed E-state index contributed by atoms with van der Waals surface area (Å²) in [5, 5.41) is 0. The van der Waals surface area contributed by atoms with Crippen LogP contribution in [0.5, 0.6) is 0 Å². The van der Waals surface area contributed by atoms with Crippen LogP contribution < -0.4 is 0 Å². The number of ether oxygens (including phenoxy) is 1. The van der Waals surface area contributed by atoms with Gasteiger partial charge >= 0.3 is 5.97 Å². The molecule has 0 bridgehead atoms. The van der Waals surface area contributed by atoms with Crippen molar-refractivity contribution < 1.29 is 9.53 Å². The maximum Gasteiger partial charge on any atom is 0.339 e. The van der Waals surface area contributed by atoms with E-state index in [2.05, 4.69) is 42.7 Å². The number of rotatable bonds is 6. The summed E-state index contributed by atoms with van der Waals surface area (Å²) in [6.07, 6.45) is 2.87. The van der Waals surface area contributed by atoms with Gasteiger partial charge in [-0.05, 0) is 31.4 Å². The number of hydrogen-bond acceptors (Lipinski definition) is 2. The Morgan fingerprint density at radius 2 is 1.90 bits per heavy atom. The van der Waals surface area contributed by atoms with E-state index in [-0.39, 0.29) is 5.97 Å². The molecule has 21 heavy (non-hydrogen) atoms. The van der Waals surface area contributed by atoms with Gasteiger partial charge in [0.05, 0.1) is 12.7 Å². The predicted molar refractivity (Wildman–Crippen MR) is 84.6 cm³/mol. The van der Waals surface area contributed by atoms with Crippen molar-refractivity contribution in [2.45, 2.75) is 39.7 Å². The molecule has 1 aromatic carbocycles. The molecule has 0 saturated carbocycles. The topological polar surface area (TPSA) is 31.2 Å². The molecule has 0 unspecified atom stereocenters. The van der Waals surface area contributed by atoms with Gasteiger partial charge in [0.15, 0.2) is 0 Å². The third-order valence-corrected chi connectivity index (χ3v) is 3.77. The van der Waals surface area contributed by atoms with E-state index in [1.807, 2.05) is 12.1 Å². The molecule has 0 aliphatic carbocycles. The van der Waals surface area contributed by atoms with E-state index >= 15 is 0 Å². The fourth-order valence-electron chi connectivity index (χ4n) is 2.72. The molecule has 0 amide bonds. The minimum absolute atomic E-state index is 0.236. The standard InChI is InChI=1S/C18H23NO2/c1-4-8-17-16(18(20)21-3)13-14(2)19(17)12-11-15-9-6-5-7-10-15/h5-7,9-10,13H,4,8,11-12H2,1-3H3. The number of benzene rings is 1. The van der Waals surface area contributed by atoms with Crippen LogP contribution in [-0.4, -0.2) is 17.6 Å². The van der Waals surface area contributed by atoms with Crippen LogP contribution in [0.4, 0.5) is 0 Å². The largest absolute Gasteiger partial charge is 0.465 e. The Kier molecular flexibility index (Phi) is 5.20. The molecule has 3 nitrogen and oxygen atoms in total. The second-order valence-corrected chi connectivity index (χ2v) is 5.27. The average Bonchev–Trinajstić information content (AvgIpc) is 2.82. The second-order valence-electron chi connectivity index (χ2n) is 5.27. The molecule has 2 rings (SSSR count). The van der Waals surface area contributed by atoms with E-state index in [1.54, 1.807) is 0 Å². The van der Waals surface area contributed by atoms with Crippen LogP contribution in [0, 0.1) is 6.92 Å². The number of nitrogens with zero attached hydrogens (tertiary/aromatic N) is 1. The number of methoxy groups -OCH3 is 1. The highest BCUT2D eigenvalue weighted by Gasteiger charge is 2.18. The average molecular weight is 285 g/mol. The molecule has 1 aromatic heterocycles. The van der Waals surface area contributed by atoms with Crippen molar-refractivity contribution in [2.75, 3.05) is 7.11 Å². The van der Waals surface area contributed by atoms with Gasteiger partial charge in [-0.3, -0.25) is 0 Å². The van der Waals surface area contributed by atoms with Crippen molar-refractivity contribution in [3.63, 3.8) is 0 Å². The summed E-state index contributed by atoms with van der Waals surface area (Å²) in [5.41, 5.74) is 4.24. The van der Waals surface area contributed by atoms with E-state index in [0.717, 1.165) is 37.2 Å². The number of hydrogen-bond donors (Lipinski definition) is 0. The lowest BCUT2D eigenvalue weighted by Crippen LogP contribution is -2.11. The molecule has 0 spiro atoms. The predicted octanol–water partition coefficient (Wildman–Crippen LogP) is 3.78. The van der Waals surface area contributed by atoms with Gasteiger partial charge in [0.1, 0.15) is 0 Å². The quantitative estimate of drug-likeness (QED) is 0.756. The smallest absolute Gasteiger partial charge is 0.339 e. The molecule has 112 valence electrons. The first-order valence-corrected chi connectivity index (χ1v) is 7.48. The zero-order valence-electron chi connectivity index (χ0n) is 13.1. The number of carbonyl (C=O) groups excluding carboxylic acids is 1. The highest BCUT2D eigenvalue weighted by atomic mass is 16.5. The van der Waals surface area contributed by atoms with Gasteiger partial charge in [-0.2, -0.15) is 0 Å². The normalized spacial score (nSPS) is 10.6. The molecule has 0 radical (unpaired) electrons. The van der Waals surface area contributed by atoms with Crippen molar-refractivity contribution in [1.82, 2.24) is 4.57 Å². The van der Waals surface area contributed by atoms with Crippen molar-refractivity contribution in [3.8, 4) is 0 Å². The van der Waals surface area contributed by atoms with Gasteiger partial charge in [-0.15, -0.1) is 0 Å². The zero-order valence-corrected chi connectivity index (χ0v) is 13.1. The summed E-state index contributed by atoms with van der Waals surface area (Å²) < 4.78 is 7.15. The van der Waals surface area contributed by atoms with Gasteiger partial charge in [-0.25, -0.2) is 4.79 Å². The zero-order chi connectivity index (χ0) is 15.2. The van der Waals surface area contributed by atoms with Gasteiger partial charge in [-0.1, -0.05) is 43.7 Å². The van der Waals surface area contributed by atoms with Crippen molar-refractivity contribution in [1.29, 1.82) is 0 Å². The van der Waals surface area contributed by atoms with Gasteiger partial charge in [0, 0.05) is 17.9 Å². The molecule has 0 fully saturated rings. The van der Waals surface area contributed by atoms with E-state index in [9.17, 15) is 4.79 Å². The maximum absolute atomic E-state index is 11.9. The van der Waals surface area contributed by atoms with E-state index < -0.39 is 0 Å². The molecule has 0 aliphatic heterocycles. The fourth-order valence-corrected chi connectivity index (χ4v) is 2.72. The van der Waals surface area contributed by atoms with Crippen LogP contribution in [0.15, 0.2) is 36.4 Å². The number of aromatic nitrogens is 1. The van der Waals surface area contributed by atoms with Crippen molar-refractivity contribution >= 4 is 5.97 Å². The van der Waals surface area contributed by atoms with Crippen LogP contribution in [0.1, 0.15) is 40.7 Å². The highest BCUT2D eigenvalue weighted by molar-refractivity contribution is 5.91. The van der Waals surface area contributed by atoms with Crippen molar-refractivity contribution in [3.05, 3.63) is 58.9 Å². The summed E-state index contributed by atoms with van der Waals surface area (Å²) in [7, 11) is 1.44. The summed E-state index contributed by atoms with van der Waals surface area (Å²) >= 11 is 0. The molecule has 2 aromatic rings. The van der Waals surface area contributed by atoms with Crippen LogP contribution in [0.3, 0.4) is 0 Å². The lowest BCUT2D eigenvalue weighted by molar-refractivity contribution is 0.0599. The van der Waals surface area contributed by atoms with E-state index in [1.165, 1.54) is 12.7 Å². The van der Waals surface area contributed by atoms with Crippen LogP contribution in [-0.2, 0) is 24.1 Å². The third kappa shape index (κ3) is 3.54. The Morgan fingerprint density at radius 1 is 1.19 bits per heavy atom. The molecular weight excluding hydrogens is 262 g/mol. The monoisotopic (exact) mass is 285 g/mol. The molecule has 3 heteroatoms. The fraction of sp³-hybridized carbons (Fsp3) is 0.389. The minimum Gasteiger partial charge on any atom is -0.465 e. The first kappa shape index (κ1) is 15.4. The lowest BCUT2D eigenvalue weighted by atomic mass is 10.1. The maximum atomic E-state index is 11.9. The van der Waals surface area contributed by atoms with Gasteiger partial charge in [0.25, 0.3) is 0 Å². The second kappa shape index (κ2) is 7.11. The number of carbonyl (C=O) groups is 1. The van der Waals surface area contributed by atoms with Gasteiger partial charge < -0.3 is 9.30 Å². The van der Waals surface area contributed by atoms with Crippen LogP contribution in [0.2, 0.25) is 0 Å². The third-order valence-electron chi connectivity index (χ3n) is 3.77.